The van der Waals surface area contributed by atoms with Crippen molar-refractivity contribution in [2.75, 3.05) is 12.0 Å². The van der Waals surface area contributed by atoms with Gasteiger partial charge in [-0.2, -0.15) is 0 Å². The SMILES string of the molecule is COc1ccc(-n2c(C)cc(/C=C3\SC(=O)N(c4ccccc4)C3=O)c2C)cc1. The fourth-order valence-corrected chi connectivity index (χ4v) is 4.30. The van der Waals surface area contributed by atoms with Crippen molar-refractivity contribution in [3.63, 3.8) is 0 Å². The van der Waals surface area contributed by atoms with Gasteiger partial charge in [-0.15, -0.1) is 0 Å². The minimum atomic E-state index is -0.291. The monoisotopic (exact) mass is 404 g/mol. The predicted molar refractivity (Wildman–Crippen MR) is 117 cm³/mol. The Labute approximate surface area is 173 Å². The number of rotatable bonds is 4. The van der Waals surface area contributed by atoms with E-state index in [-0.39, 0.29) is 11.1 Å². The summed E-state index contributed by atoms with van der Waals surface area (Å²) in [5.74, 6) is 0.506. The molecule has 1 aliphatic heterocycles. The first-order valence-electron chi connectivity index (χ1n) is 9.16. The normalized spacial score (nSPS) is 15.4. The van der Waals surface area contributed by atoms with Gasteiger partial charge in [-0.1, -0.05) is 18.2 Å². The average Bonchev–Trinajstić information content (AvgIpc) is 3.17. The van der Waals surface area contributed by atoms with Crippen LogP contribution in [0.15, 0.2) is 65.6 Å². The number of aryl methyl sites for hydroxylation is 1. The van der Waals surface area contributed by atoms with Crippen molar-refractivity contribution in [2.45, 2.75) is 13.8 Å². The van der Waals surface area contributed by atoms with Crippen LogP contribution < -0.4 is 9.64 Å². The number of methoxy groups -OCH3 is 1. The molecule has 0 bridgehead atoms. The molecule has 0 atom stereocenters. The lowest BCUT2D eigenvalue weighted by molar-refractivity contribution is -0.113. The summed E-state index contributed by atoms with van der Waals surface area (Å²) < 4.78 is 7.35. The molecule has 146 valence electrons. The number of nitrogens with zero attached hydrogens (tertiary/aromatic N) is 2. The third-order valence-electron chi connectivity index (χ3n) is 4.90. The molecule has 29 heavy (non-hydrogen) atoms. The summed E-state index contributed by atoms with van der Waals surface area (Å²) in [5, 5.41) is -0.281. The molecule has 2 amide bonds. The highest BCUT2D eigenvalue weighted by Crippen LogP contribution is 2.36. The van der Waals surface area contributed by atoms with Gasteiger partial charge in [0.1, 0.15) is 5.75 Å². The minimum Gasteiger partial charge on any atom is -0.497 e. The van der Waals surface area contributed by atoms with Crippen molar-refractivity contribution >= 4 is 34.7 Å². The summed E-state index contributed by atoms with van der Waals surface area (Å²) in [6.07, 6.45) is 1.80. The molecule has 1 aromatic heterocycles. The molecule has 6 heteroatoms. The van der Waals surface area contributed by atoms with Crippen LogP contribution in [0.4, 0.5) is 10.5 Å². The highest BCUT2D eigenvalue weighted by molar-refractivity contribution is 8.19. The maximum atomic E-state index is 12.9. The quantitative estimate of drug-likeness (QED) is 0.551. The fraction of sp³-hybridized carbons (Fsp3) is 0.130. The number of ether oxygens (including phenoxy) is 1. The zero-order valence-corrected chi connectivity index (χ0v) is 17.2. The Hall–Kier alpha value is -3.25. The van der Waals surface area contributed by atoms with Crippen molar-refractivity contribution in [1.29, 1.82) is 0 Å². The molecule has 0 saturated carbocycles. The number of carbonyl (C=O) groups excluding carboxylic acids is 2. The second-order valence-corrected chi connectivity index (χ2v) is 7.71. The largest absolute Gasteiger partial charge is 0.497 e. The minimum absolute atomic E-state index is 0.281. The van der Waals surface area contributed by atoms with Crippen molar-refractivity contribution in [2.24, 2.45) is 0 Å². The molecule has 0 spiro atoms. The lowest BCUT2D eigenvalue weighted by Gasteiger charge is -2.11. The number of para-hydroxylation sites is 1. The lowest BCUT2D eigenvalue weighted by Crippen LogP contribution is -2.27. The summed E-state index contributed by atoms with van der Waals surface area (Å²) in [6, 6.07) is 18.8. The maximum Gasteiger partial charge on any atom is 0.298 e. The molecule has 1 aliphatic rings. The predicted octanol–water partition coefficient (Wildman–Crippen LogP) is 5.34. The number of carbonyl (C=O) groups is 2. The van der Waals surface area contributed by atoms with E-state index in [1.54, 1.807) is 25.3 Å². The first kappa shape index (κ1) is 19.1. The standard InChI is InChI=1S/C23H20N2O3S/c1-15-13-17(16(2)24(15)19-9-11-20(28-3)12-10-19)14-21-22(26)25(23(27)29-21)18-7-5-4-6-8-18/h4-14H,1-3H3/b21-14-. The number of hydrogen-bond donors (Lipinski definition) is 0. The molecule has 1 fully saturated rings. The molecular formula is C23H20N2O3S. The van der Waals surface area contributed by atoms with Crippen LogP contribution in [-0.4, -0.2) is 22.8 Å². The molecule has 1 saturated heterocycles. The smallest absolute Gasteiger partial charge is 0.298 e. The van der Waals surface area contributed by atoms with E-state index in [0.717, 1.165) is 40.2 Å². The Morgan fingerprint density at radius 3 is 2.28 bits per heavy atom. The Morgan fingerprint density at radius 1 is 0.931 bits per heavy atom. The highest BCUT2D eigenvalue weighted by Gasteiger charge is 2.36. The molecular weight excluding hydrogens is 384 g/mol. The van der Waals surface area contributed by atoms with Crippen LogP contribution in [-0.2, 0) is 4.79 Å². The molecule has 4 rings (SSSR count). The fourth-order valence-electron chi connectivity index (χ4n) is 3.47. The van der Waals surface area contributed by atoms with E-state index in [0.29, 0.717) is 10.6 Å². The first-order chi connectivity index (χ1) is 14.0. The number of benzene rings is 2. The van der Waals surface area contributed by atoms with Gasteiger partial charge in [-0.3, -0.25) is 9.59 Å². The Balaban J connectivity index is 1.68. The second kappa shape index (κ2) is 7.64. The number of imide groups is 1. The van der Waals surface area contributed by atoms with Gasteiger partial charge < -0.3 is 9.30 Å². The molecule has 0 radical (unpaired) electrons. The van der Waals surface area contributed by atoms with Crippen LogP contribution in [0.3, 0.4) is 0 Å². The molecule has 2 aromatic carbocycles. The zero-order chi connectivity index (χ0) is 20.5. The lowest BCUT2D eigenvalue weighted by atomic mass is 10.2. The van der Waals surface area contributed by atoms with Crippen LogP contribution in [0.5, 0.6) is 5.75 Å². The van der Waals surface area contributed by atoms with E-state index >= 15 is 0 Å². The van der Waals surface area contributed by atoms with Gasteiger partial charge in [0.25, 0.3) is 11.1 Å². The van der Waals surface area contributed by atoms with Crippen molar-refractivity contribution in [3.8, 4) is 11.4 Å². The van der Waals surface area contributed by atoms with Gasteiger partial charge >= 0.3 is 0 Å². The Kier molecular flexibility index (Phi) is 5.03. The molecule has 3 aromatic rings. The topological polar surface area (TPSA) is 51.5 Å². The van der Waals surface area contributed by atoms with E-state index in [1.807, 2.05) is 62.4 Å². The van der Waals surface area contributed by atoms with Gasteiger partial charge in [0.15, 0.2) is 0 Å². The Bertz CT molecular complexity index is 1120. The van der Waals surface area contributed by atoms with Crippen molar-refractivity contribution in [3.05, 3.63) is 82.5 Å². The number of thioether (sulfide) groups is 1. The van der Waals surface area contributed by atoms with Crippen LogP contribution in [0.25, 0.3) is 11.8 Å². The summed E-state index contributed by atoms with van der Waals surface area (Å²) in [6.45, 7) is 4.02. The second-order valence-electron chi connectivity index (χ2n) is 6.71. The van der Waals surface area contributed by atoms with E-state index in [4.69, 9.17) is 4.74 Å². The van der Waals surface area contributed by atoms with Gasteiger partial charge in [0.05, 0.1) is 17.7 Å². The highest BCUT2D eigenvalue weighted by atomic mass is 32.2. The van der Waals surface area contributed by atoms with E-state index in [1.165, 1.54) is 4.90 Å². The van der Waals surface area contributed by atoms with Crippen LogP contribution in [0, 0.1) is 13.8 Å². The van der Waals surface area contributed by atoms with E-state index in [9.17, 15) is 9.59 Å². The van der Waals surface area contributed by atoms with Crippen LogP contribution in [0.1, 0.15) is 17.0 Å². The Morgan fingerprint density at radius 2 is 1.62 bits per heavy atom. The third-order valence-corrected chi connectivity index (χ3v) is 5.77. The van der Waals surface area contributed by atoms with E-state index < -0.39 is 0 Å². The molecule has 0 N–H and O–H groups in total. The number of aromatic nitrogens is 1. The summed E-state index contributed by atoms with van der Waals surface area (Å²) >= 11 is 0.969. The average molecular weight is 404 g/mol. The zero-order valence-electron chi connectivity index (χ0n) is 16.4. The van der Waals surface area contributed by atoms with E-state index in [2.05, 4.69) is 4.57 Å². The summed E-state index contributed by atoms with van der Waals surface area (Å²) in [5.41, 5.74) is 4.55. The van der Waals surface area contributed by atoms with Gasteiger partial charge in [-0.05, 0) is 79.7 Å². The molecule has 0 aliphatic carbocycles. The van der Waals surface area contributed by atoms with Gasteiger partial charge in [0.2, 0.25) is 0 Å². The maximum absolute atomic E-state index is 12.9. The summed E-state index contributed by atoms with van der Waals surface area (Å²) in [7, 11) is 1.64. The number of amides is 2. The number of anilines is 1. The van der Waals surface area contributed by atoms with Crippen molar-refractivity contribution in [1.82, 2.24) is 4.57 Å². The van der Waals surface area contributed by atoms with Gasteiger partial charge in [-0.25, -0.2) is 4.90 Å². The third kappa shape index (κ3) is 3.47. The van der Waals surface area contributed by atoms with Gasteiger partial charge in [0, 0.05) is 17.1 Å². The molecule has 2 heterocycles. The van der Waals surface area contributed by atoms with Crippen molar-refractivity contribution < 1.29 is 14.3 Å². The van der Waals surface area contributed by atoms with Crippen LogP contribution in [0.2, 0.25) is 0 Å². The molecule has 5 nitrogen and oxygen atoms in total. The summed E-state index contributed by atoms with van der Waals surface area (Å²) in [4.78, 5) is 26.9. The number of hydrogen-bond acceptors (Lipinski definition) is 4. The van der Waals surface area contributed by atoms with Crippen LogP contribution >= 0.6 is 11.8 Å². The molecule has 0 unspecified atom stereocenters. The first-order valence-corrected chi connectivity index (χ1v) is 9.97.